The molecule has 0 saturated carbocycles. The van der Waals surface area contributed by atoms with E-state index in [1.165, 1.54) is 12.1 Å². The molecule has 0 aliphatic rings. The third-order valence-electron chi connectivity index (χ3n) is 2.70. The zero-order valence-corrected chi connectivity index (χ0v) is 12.6. The zero-order chi connectivity index (χ0) is 14.2. The molecule has 1 atom stereocenters. The molecule has 0 spiro atoms. The van der Waals surface area contributed by atoms with Crippen molar-refractivity contribution in [2.24, 2.45) is 0 Å². The van der Waals surface area contributed by atoms with Crippen molar-refractivity contribution >= 4 is 44.8 Å². The number of benzene rings is 2. The number of hydrogen-bond donors (Lipinski definition) is 2. The van der Waals surface area contributed by atoms with Crippen molar-refractivity contribution in [2.75, 3.05) is 5.73 Å². The summed E-state index contributed by atoms with van der Waals surface area (Å²) in [4.78, 5) is 0. The van der Waals surface area contributed by atoms with E-state index in [-0.39, 0.29) is 10.6 Å². The van der Waals surface area contributed by atoms with Crippen LogP contribution in [-0.2, 0) is 0 Å². The Labute approximate surface area is 128 Å². The van der Waals surface area contributed by atoms with Crippen molar-refractivity contribution in [2.45, 2.75) is 6.10 Å². The Morgan fingerprint density at radius 1 is 1.16 bits per heavy atom. The van der Waals surface area contributed by atoms with Crippen LogP contribution in [0.3, 0.4) is 0 Å². The number of aliphatic hydroxyl groups is 1. The van der Waals surface area contributed by atoms with E-state index in [0.29, 0.717) is 20.7 Å². The summed E-state index contributed by atoms with van der Waals surface area (Å²) >= 11 is 14.7. The molecule has 0 heterocycles. The van der Waals surface area contributed by atoms with Crippen LogP contribution in [0.5, 0.6) is 0 Å². The standard InChI is InChI=1S/C13H9BrCl2FNO/c14-9-4-3-8(12(17)11(9)16)13(19)7-2-1-6(15)5-10(7)18/h1-5,13,19H,18H2. The van der Waals surface area contributed by atoms with Gasteiger partial charge in [-0.25, -0.2) is 4.39 Å². The number of rotatable bonds is 2. The summed E-state index contributed by atoms with van der Waals surface area (Å²) in [5.74, 6) is -0.683. The van der Waals surface area contributed by atoms with E-state index >= 15 is 0 Å². The predicted octanol–water partition coefficient (Wildman–Crippen LogP) is 4.56. The van der Waals surface area contributed by atoms with Gasteiger partial charge in [0.25, 0.3) is 0 Å². The van der Waals surface area contributed by atoms with Gasteiger partial charge in [-0.2, -0.15) is 0 Å². The first-order valence-electron chi connectivity index (χ1n) is 5.28. The summed E-state index contributed by atoms with van der Waals surface area (Å²) in [6.07, 6.45) is -1.21. The molecule has 2 nitrogen and oxygen atoms in total. The van der Waals surface area contributed by atoms with E-state index in [2.05, 4.69) is 15.9 Å². The highest BCUT2D eigenvalue weighted by Crippen LogP contribution is 2.35. The van der Waals surface area contributed by atoms with Gasteiger partial charge in [-0.3, -0.25) is 0 Å². The van der Waals surface area contributed by atoms with E-state index in [9.17, 15) is 9.50 Å². The Bertz CT molecular complexity index is 636. The fourth-order valence-corrected chi connectivity index (χ4v) is 2.37. The number of nitrogen functional groups attached to an aromatic ring is 1. The van der Waals surface area contributed by atoms with Crippen LogP contribution in [0, 0.1) is 5.82 Å². The smallest absolute Gasteiger partial charge is 0.149 e. The molecule has 0 saturated heterocycles. The maximum Gasteiger partial charge on any atom is 0.149 e. The molecule has 19 heavy (non-hydrogen) atoms. The molecule has 0 aromatic heterocycles. The number of aliphatic hydroxyl groups excluding tert-OH is 1. The summed E-state index contributed by atoms with van der Waals surface area (Å²) in [5, 5.41) is 10.6. The summed E-state index contributed by atoms with van der Waals surface area (Å²) in [6, 6.07) is 7.64. The second-order valence-electron chi connectivity index (χ2n) is 3.94. The topological polar surface area (TPSA) is 46.2 Å². The van der Waals surface area contributed by atoms with Crippen molar-refractivity contribution in [3.05, 3.63) is 61.8 Å². The van der Waals surface area contributed by atoms with Crippen LogP contribution in [0.25, 0.3) is 0 Å². The molecule has 0 aliphatic heterocycles. The highest BCUT2D eigenvalue weighted by Gasteiger charge is 2.20. The molecule has 1 unspecified atom stereocenters. The average Bonchev–Trinajstić information content (AvgIpc) is 2.35. The van der Waals surface area contributed by atoms with E-state index in [1.807, 2.05) is 0 Å². The molecule has 0 bridgehead atoms. The van der Waals surface area contributed by atoms with Crippen LogP contribution in [0.1, 0.15) is 17.2 Å². The molecule has 100 valence electrons. The van der Waals surface area contributed by atoms with Crippen LogP contribution >= 0.6 is 39.1 Å². The minimum atomic E-state index is -1.21. The normalized spacial score (nSPS) is 12.5. The third-order valence-corrected chi connectivity index (χ3v) is 4.20. The molecule has 0 radical (unpaired) electrons. The van der Waals surface area contributed by atoms with E-state index in [1.54, 1.807) is 18.2 Å². The van der Waals surface area contributed by atoms with E-state index < -0.39 is 11.9 Å². The summed E-state index contributed by atoms with van der Waals surface area (Å²) in [6.45, 7) is 0. The van der Waals surface area contributed by atoms with Gasteiger partial charge in [0.05, 0.1) is 5.02 Å². The van der Waals surface area contributed by atoms with Gasteiger partial charge in [0, 0.05) is 26.3 Å². The van der Waals surface area contributed by atoms with Crippen molar-refractivity contribution in [1.29, 1.82) is 0 Å². The van der Waals surface area contributed by atoms with Crippen LogP contribution in [0.2, 0.25) is 10.0 Å². The first-order chi connectivity index (χ1) is 8.91. The van der Waals surface area contributed by atoms with Gasteiger partial charge in [-0.15, -0.1) is 0 Å². The van der Waals surface area contributed by atoms with Gasteiger partial charge in [-0.05, 0) is 34.1 Å². The van der Waals surface area contributed by atoms with E-state index in [0.717, 1.165) is 0 Å². The Morgan fingerprint density at radius 2 is 1.79 bits per heavy atom. The van der Waals surface area contributed by atoms with Crippen LogP contribution < -0.4 is 5.73 Å². The number of anilines is 1. The lowest BCUT2D eigenvalue weighted by Gasteiger charge is -2.16. The van der Waals surface area contributed by atoms with Crippen molar-refractivity contribution in [1.82, 2.24) is 0 Å². The molecule has 0 amide bonds. The molecular weight excluding hydrogens is 356 g/mol. The molecule has 0 aliphatic carbocycles. The number of hydrogen-bond acceptors (Lipinski definition) is 2. The van der Waals surface area contributed by atoms with Crippen LogP contribution in [0.4, 0.5) is 10.1 Å². The van der Waals surface area contributed by atoms with Gasteiger partial charge >= 0.3 is 0 Å². The zero-order valence-electron chi connectivity index (χ0n) is 9.50. The van der Waals surface area contributed by atoms with Crippen molar-refractivity contribution < 1.29 is 9.50 Å². The SMILES string of the molecule is Nc1cc(Cl)ccc1C(O)c1ccc(Br)c(Cl)c1F. The lowest BCUT2D eigenvalue weighted by Crippen LogP contribution is -2.06. The minimum absolute atomic E-state index is 0.0576. The molecule has 3 N–H and O–H groups in total. The summed E-state index contributed by atoms with van der Waals surface area (Å²) < 4.78 is 14.4. The van der Waals surface area contributed by atoms with Crippen LogP contribution in [-0.4, -0.2) is 5.11 Å². The minimum Gasteiger partial charge on any atom is -0.398 e. The maximum atomic E-state index is 14.0. The second-order valence-corrected chi connectivity index (χ2v) is 5.61. The summed E-state index contributed by atoms with van der Waals surface area (Å²) in [5.41, 5.74) is 6.49. The highest BCUT2D eigenvalue weighted by atomic mass is 79.9. The lowest BCUT2D eigenvalue weighted by atomic mass is 9.99. The quantitative estimate of drug-likeness (QED) is 0.606. The van der Waals surface area contributed by atoms with Gasteiger partial charge in [0.1, 0.15) is 11.9 Å². The Balaban J connectivity index is 2.50. The number of nitrogens with two attached hydrogens (primary N) is 1. The first-order valence-corrected chi connectivity index (χ1v) is 6.83. The first kappa shape index (κ1) is 14.6. The monoisotopic (exact) mass is 363 g/mol. The Hall–Kier alpha value is -0.810. The molecule has 2 rings (SSSR count). The highest BCUT2D eigenvalue weighted by molar-refractivity contribution is 9.10. The molecular formula is C13H9BrCl2FNO. The van der Waals surface area contributed by atoms with Crippen LogP contribution in [0.15, 0.2) is 34.8 Å². The largest absolute Gasteiger partial charge is 0.398 e. The Kier molecular flexibility index (Phi) is 4.36. The van der Waals surface area contributed by atoms with E-state index in [4.69, 9.17) is 28.9 Å². The predicted molar refractivity (Wildman–Crippen MR) is 79.0 cm³/mol. The molecule has 2 aromatic carbocycles. The fraction of sp³-hybridized carbons (Fsp3) is 0.0769. The van der Waals surface area contributed by atoms with Gasteiger partial charge < -0.3 is 10.8 Å². The van der Waals surface area contributed by atoms with Gasteiger partial charge in [-0.1, -0.05) is 35.3 Å². The van der Waals surface area contributed by atoms with Gasteiger partial charge in [0.15, 0.2) is 0 Å². The third kappa shape index (κ3) is 2.87. The fourth-order valence-electron chi connectivity index (χ4n) is 1.71. The molecule has 0 fully saturated rings. The molecule has 2 aromatic rings. The molecule has 6 heteroatoms. The maximum absolute atomic E-state index is 14.0. The lowest BCUT2D eigenvalue weighted by molar-refractivity contribution is 0.215. The average molecular weight is 365 g/mol. The Morgan fingerprint density at radius 3 is 2.42 bits per heavy atom. The second kappa shape index (κ2) is 5.67. The van der Waals surface area contributed by atoms with Crippen molar-refractivity contribution in [3.63, 3.8) is 0 Å². The van der Waals surface area contributed by atoms with Gasteiger partial charge in [0.2, 0.25) is 0 Å². The summed E-state index contributed by atoms with van der Waals surface area (Å²) in [7, 11) is 0. The van der Waals surface area contributed by atoms with Crippen molar-refractivity contribution in [3.8, 4) is 0 Å². The number of halogens is 4.